The Balaban J connectivity index is 2.21. The normalized spacial score (nSPS) is 11.0. The largest absolute Gasteiger partial charge is 0.497 e. The van der Waals surface area contributed by atoms with E-state index in [2.05, 4.69) is 5.32 Å². The SMILES string of the molecule is COc1cccc(C(C)Nc2ccc(C#N)c(C#N)c2)c1. The number of benzene rings is 2. The Labute approximate surface area is 124 Å². The second kappa shape index (κ2) is 6.45. The summed E-state index contributed by atoms with van der Waals surface area (Å²) in [4.78, 5) is 0. The third-order valence-electron chi connectivity index (χ3n) is 3.24. The molecule has 1 atom stereocenters. The summed E-state index contributed by atoms with van der Waals surface area (Å²) in [6.45, 7) is 2.03. The standard InChI is InChI=1S/C17H15N3O/c1-12(13-4-3-5-17(9-13)21-2)20-16-7-6-14(10-18)15(8-16)11-19/h3-9,12,20H,1-2H3. The van der Waals surface area contributed by atoms with E-state index in [-0.39, 0.29) is 6.04 Å². The molecule has 0 spiro atoms. The van der Waals surface area contributed by atoms with Crippen LogP contribution in [0.5, 0.6) is 5.75 Å². The topological polar surface area (TPSA) is 68.8 Å². The summed E-state index contributed by atoms with van der Waals surface area (Å²) in [5, 5.41) is 21.3. The van der Waals surface area contributed by atoms with E-state index in [1.54, 1.807) is 25.3 Å². The Morgan fingerprint density at radius 3 is 2.48 bits per heavy atom. The van der Waals surface area contributed by atoms with E-state index in [1.165, 1.54) is 0 Å². The van der Waals surface area contributed by atoms with Crippen LogP contribution in [0, 0.1) is 22.7 Å². The van der Waals surface area contributed by atoms with Gasteiger partial charge in [0.2, 0.25) is 0 Å². The van der Waals surface area contributed by atoms with Crippen LogP contribution >= 0.6 is 0 Å². The lowest BCUT2D eigenvalue weighted by Crippen LogP contribution is -2.07. The van der Waals surface area contributed by atoms with Gasteiger partial charge >= 0.3 is 0 Å². The zero-order valence-corrected chi connectivity index (χ0v) is 11.9. The van der Waals surface area contributed by atoms with Crippen LogP contribution < -0.4 is 10.1 Å². The first-order valence-corrected chi connectivity index (χ1v) is 6.52. The van der Waals surface area contributed by atoms with Gasteiger partial charge in [0, 0.05) is 11.7 Å². The molecule has 0 saturated carbocycles. The second-order valence-corrected chi connectivity index (χ2v) is 4.63. The minimum atomic E-state index is 0.0552. The van der Waals surface area contributed by atoms with Crippen molar-refractivity contribution >= 4 is 5.69 Å². The van der Waals surface area contributed by atoms with Crippen LogP contribution in [0.2, 0.25) is 0 Å². The summed E-state index contributed by atoms with van der Waals surface area (Å²) in [6, 6.07) is 17.0. The third kappa shape index (κ3) is 3.32. The lowest BCUT2D eigenvalue weighted by molar-refractivity contribution is 0.414. The monoisotopic (exact) mass is 277 g/mol. The molecule has 0 saturated heterocycles. The number of nitriles is 2. The highest BCUT2D eigenvalue weighted by atomic mass is 16.5. The first-order valence-electron chi connectivity index (χ1n) is 6.52. The molecular formula is C17H15N3O. The van der Waals surface area contributed by atoms with Gasteiger partial charge in [0.25, 0.3) is 0 Å². The Bertz CT molecular complexity index is 726. The highest BCUT2D eigenvalue weighted by molar-refractivity contribution is 5.57. The number of methoxy groups -OCH3 is 1. The molecule has 4 nitrogen and oxygen atoms in total. The van der Waals surface area contributed by atoms with E-state index in [9.17, 15) is 0 Å². The molecule has 2 aromatic carbocycles. The van der Waals surface area contributed by atoms with Crippen molar-refractivity contribution < 1.29 is 4.74 Å². The number of nitrogens with one attached hydrogen (secondary N) is 1. The number of rotatable bonds is 4. The van der Waals surface area contributed by atoms with Gasteiger partial charge in [0.05, 0.1) is 18.2 Å². The molecule has 0 heterocycles. The first-order chi connectivity index (χ1) is 10.2. The van der Waals surface area contributed by atoms with Crippen molar-refractivity contribution in [3.63, 3.8) is 0 Å². The molecule has 1 unspecified atom stereocenters. The summed E-state index contributed by atoms with van der Waals surface area (Å²) in [7, 11) is 1.64. The third-order valence-corrected chi connectivity index (χ3v) is 3.24. The number of anilines is 1. The zero-order chi connectivity index (χ0) is 15.2. The Hall–Kier alpha value is -2.98. The van der Waals surface area contributed by atoms with Crippen LogP contribution in [-0.2, 0) is 0 Å². The van der Waals surface area contributed by atoms with Gasteiger partial charge in [-0.1, -0.05) is 12.1 Å². The van der Waals surface area contributed by atoms with E-state index in [0.717, 1.165) is 17.0 Å². The molecule has 0 amide bonds. The van der Waals surface area contributed by atoms with E-state index in [4.69, 9.17) is 15.3 Å². The van der Waals surface area contributed by atoms with Crippen LogP contribution in [0.25, 0.3) is 0 Å². The predicted molar refractivity (Wildman–Crippen MR) is 80.9 cm³/mol. The second-order valence-electron chi connectivity index (χ2n) is 4.63. The summed E-state index contributed by atoms with van der Waals surface area (Å²) >= 11 is 0. The molecule has 104 valence electrons. The lowest BCUT2D eigenvalue weighted by atomic mass is 10.1. The van der Waals surface area contributed by atoms with Crippen LogP contribution in [0.3, 0.4) is 0 Å². The van der Waals surface area contributed by atoms with Crippen LogP contribution in [-0.4, -0.2) is 7.11 Å². The molecular weight excluding hydrogens is 262 g/mol. The van der Waals surface area contributed by atoms with Crippen molar-refractivity contribution in [1.82, 2.24) is 0 Å². The molecule has 0 fully saturated rings. The van der Waals surface area contributed by atoms with Crippen molar-refractivity contribution in [1.29, 1.82) is 10.5 Å². The average Bonchev–Trinajstić information content (AvgIpc) is 2.54. The Morgan fingerprint density at radius 1 is 1.05 bits per heavy atom. The Kier molecular flexibility index (Phi) is 4.43. The maximum absolute atomic E-state index is 9.05. The molecule has 0 radical (unpaired) electrons. The molecule has 2 rings (SSSR count). The van der Waals surface area contributed by atoms with Crippen molar-refractivity contribution in [2.75, 3.05) is 12.4 Å². The molecule has 4 heteroatoms. The molecule has 21 heavy (non-hydrogen) atoms. The fourth-order valence-corrected chi connectivity index (χ4v) is 2.07. The average molecular weight is 277 g/mol. The number of hydrogen-bond acceptors (Lipinski definition) is 4. The quantitative estimate of drug-likeness (QED) is 0.926. The van der Waals surface area contributed by atoms with Crippen molar-refractivity contribution in [2.45, 2.75) is 13.0 Å². The summed E-state index contributed by atoms with van der Waals surface area (Å²) in [5.41, 5.74) is 2.65. The highest BCUT2D eigenvalue weighted by Gasteiger charge is 2.08. The van der Waals surface area contributed by atoms with Gasteiger partial charge in [-0.2, -0.15) is 10.5 Å². The predicted octanol–water partition coefficient (Wildman–Crippen LogP) is 3.61. The van der Waals surface area contributed by atoms with E-state index in [0.29, 0.717) is 11.1 Å². The van der Waals surface area contributed by atoms with Gasteiger partial charge in [-0.15, -0.1) is 0 Å². The molecule has 0 aliphatic heterocycles. The van der Waals surface area contributed by atoms with Gasteiger partial charge < -0.3 is 10.1 Å². The lowest BCUT2D eigenvalue weighted by Gasteiger charge is -2.16. The zero-order valence-electron chi connectivity index (χ0n) is 11.9. The maximum atomic E-state index is 9.05. The number of nitrogens with zero attached hydrogens (tertiary/aromatic N) is 2. The molecule has 0 bridgehead atoms. The molecule has 0 aliphatic rings. The number of ether oxygens (including phenoxy) is 1. The summed E-state index contributed by atoms with van der Waals surface area (Å²) in [5.74, 6) is 0.804. The maximum Gasteiger partial charge on any atom is 0.119 e. The van der Waals surface area contributed by atoms with Crippen molar-refractivity contribution in [2.24, 2.45) is 0 Å². The van der Waals surface area contributed by atoms with E-state index < -0.39 is 0 Å². The fourth-order valence-electron chi connectivity index (χ4n) is 2.07. The fraction of sp³-hybridized carbons (Fsp3) is 0.176. The highest BCUT2D eigenvalue weighted by Crippen LogP contribution is 2.24. The molecule has 1 N–H and O–H groups in total. The van der Waals surface area contributed by atoms with E-state index in [1.807, 2.05) is 43.3 Å². The van der Waals surface area contributed by atoms with Gasteiger partial charge in [-0.3, -0.25) is 0 Å². The number of hydrogen-bond donors (Lipinski definition) is 1. The van der Waals surface area contributed by atoms with E-state index >= 15 is 0 Å². The van der Waals surface area contributed by atoms with Gasteiger partial charge in [-0.25, -0.2) is 0 Å². The Morgan fingerprint density at radius 2 is 1.81 bits per heavy atom. The summed E-state index contributed by atoms with van der Waals surface area (Å²) < 4.78 is 5.22. The smallest absolute Gasteiger partial charge is 0.119 e. The van der Waals surface area contributed by atoms with Crippen LogP contribution in [0.1, 0.15) is 29.7 Å². The van der Waals surface area contributed by atoms with Crippen molar-refractivity contribution in [3.05, 3.63) is 59.2 Å². The van der Waals surface area contributed by atoms with Gasteiger partial charge in [0.1, 0.15) is 17.9 Å². The minimum Gasteiger partial charge on any atom is -0.497 e. The molecule has 0 aromatic heterocycles. The van der Waals surface area contributed by atoms with Crippen LogP contribution in [0.4, 0.5) is 5.69 Å². The van der Waals surface area contributed by atoms with Crippen LogP contribution in [0.15, 0.2) is 42.5 Å². The van der Waals surface area contributed by atoms with Gasteiger partial charge in [0.15, 0.2) is 0 Å². The summed E-state index contributed by atoms with van der Waals surface area (Å²) in [6.07, 6.45) is 0. The molecule has 2 aromatic rings. The first kappa shape index (κ1) is 14.4. The van der Waals surface area contributed by atoms with Gasteiger partial charge in [-0.05, 0) is 42.8 Å². The molecule has 0 aliphatic carbocycles. The minimum absolute atomic E-state index is 0.0552. The van der Waals surface area contributed by atoms with Crippen molar-refractivity contribution in [3.8, 4) is 17.9 Å².